The van der Waals surface area contributed by atoms with Crippen molar-refractivity contribution >= 4 is 37.7 Å². The van der Waals surface area contributed by atoms with E-state index in [1.165, 1.54) is 0 Å². The zero-order valence-electron chi connectivity index (χ0n) is 1.91. The first-order chi connectivity index (χ1) is 1.00. The van der Waals surface area contributed by atoms with Gasteiger partial charge in [-0.3, -0.25) is 0 Å². The van der Waals surface area contributed by atoms with Crippen LogP contribution in [0.25, 0.3) is 0 Å². The van der Waals surface area contributed by atoms with Crippen LogP contribution in [0.4, 0.5) is 0 Å². The molecule has 1 nitrogen and oxygen atoms in total. The van der Waals surface area contributed by atoms with Crippen LogP contribution in [0.2, 0.25) is 0 Å². The van der Waals surface area contributed by atoms with E-state index in [2.05, 4.69) is 13.2 Å². The fourth-order valence-electron chi connectivity index (χ4n) is 0. The van der Waals surface area contributed by atoms with Gasteiger partial charge in [0.25, 0.3) is 0 Å². The summed E-state index contributed by atoms with van der Waals surface area (Å²) < 4.78 is 0. The van der Waals surface area contributed by atoms with Gasteiger partial charge in [-0.25, -0.2) is 0 Å². The van der Waals surface area contributed by atoms with E-state index >= 15 is 0 Å². The topological polar surface area (TPSA) is 31.5 Å². The van der Waals surface area contributed by atoms with Gasteiger partial charge in [-0.2, -0.15) is 0 Å². The molecule has 0 aromatic heterocycles. The van der Waals surface area contributed by atoms with Gasteiger partial charge in [0.2, 0.25) is 0 Å². The second kappa shape index (κ2) is 37.7. The molecule has 0 aliphatic heterocycles. The molecule has 4 heavy (non-hydrogen) atoms. The van der Waals surface area contributed by atoms with Gasteiger partial charge < -0.3 is 5.48 Å². The van der Waals surface area contributed by atoms with Crippen LogP contribution in [0.1, 0.15) is 0 Å². The Morgan fingerprint density at radius 1 is 1.00 bits per heavy atom. The van der Waals surface area contributed by atoms with Crippen LogP contribution < -0.4 is 0 Å². The summed E-state index contributed by atoms with van der Waals surface area (Å²) in [6.45, 7) is 6.00. The van der Waals surface area contributed by atoms with Crippen LogP contribution in [0.15, 0.2) is 13.2 Å². The molecular weight excluding hydrogens is 80.1 g/mol. The minimum absolute atomic E-state index is 0. The second-order valence-electron chi connectivity index (χ2n) is 0. The van der Waals surface area contributed by atoms with E-state index in [1.807, 2.05) is 0 Å². The molecule has 0 aromatic carbocycles. The van der Waals surface area contributed by atoms with Crippen LogP contribution in [0, 0.1) is 0 Å². The first kappa shape index (κ1) is 20.2. The molecule has 0 aliphatic carbocycles. The quantitative estimate of drug-likeness (QED) is 0.270. The van der Waals surface area contributed by atoms with Crippen LogP contribution in [0.5, 0.6) is 0 Å². The summed E-state index contributed by atoms with van der Waals surface area (Å²) in [5, 5.41) is 0. The van der Waals surface area contributed by atoms with Crippen molar-refractivity contribution in [3.63, 3.8) is 0 Å². The van der Waals surface area contributed by atoms with Crippen LogP contribution >= 0.6 is 0 Å². The van der Waals surface area contributed by atoms with Gasteiger partial charge in [0, 0.05) is 0 Å². The second-order valence-corrected chi connectivity index (χ2v) is 0. The Kier molecular flexibility index (Phi) is 191. The third-order valence-corrected chi connectivity index (χ3v) is 0. The van der Waals surface area contributed by atoms with Gasteiger partial charge in [-0.1, -0.05) is 0 Å². The summed E-state index contributed by atoms with van der Waals surface area (Å²) in [6.07, 6.45) is 0. The molecule has 2 heteroatoms. The molecule has 0 saturated heterocycles. The van der Waals surface area contributed by atoms with Crippen molar-refractivity contribution in [2.45, 2.75) is 0 Å². The minimum atomic E-state index is 0. The Morgan fingerprint density at radius 2 is 1.00 bits per heavy atom. The Balaban J connectivity index is -0.00000000500. The maximum atomic E-state index is 3.00. The van der Waals surface area contributed by atoms with Crippen molar-refractivity contribution in [2.75, 3.05) is 0 Å². The first-order valence-electron chi connectivity index (χ1n) is 0.500. The zero-order chi connectivity index (χ0) is 2.00. The molecule has 0 radical (unpaired) electrons. The van der Waals surface area contributed by atoms with E-state index in [0.717, 1.165) is 0 Å². The molecule has 0 bridgehead atoms. The molecule has 0 fully saturated rings. The third-order valence-electron chi connectivity index (χ3n) is 0. The van der Waals surface area contributed by atoms with E-state index in [0.29, 0.717) is 0 Å². The van der Waals surface area contributed by atoms with Gasteiger partial charge in [-0.05, 0) is 0 Å². The van der Waals surface area contributed by atoms with Crippen molar-refractivity contribution in [1.82, 2.24) is 0 Å². The Hall–Kier alpha value is 0.960. The molecule has 0 heterocycles. The summed E-state index contributed by atoms with van der Waals surface area (Å²) >= 11 is 0. The van der Waals surface area contributed by atoms with E-state index in [-0.39, 0.29) is 43.2 Å². The average molecular weight is 88.2 g/mol. The Morgan fingerprint density at radius 3 is 1.00 bits per heavy atom. The van der Waals surface area contributed by atoms with Crippen molar-refractivity contribution in [3.8, 4) is 0 Å². The van der Waals surface area contributed by atoms with Gasteiger partial charge >= 0.3 is 37.7 Å². The van der Waals surface area contributed by atoms with Crippen LogP contribution in [-0.2, 0) is 0 Å². The molecular formula is C2H8CaO. The number of hydrogen-bond donors (Lipinski definition) is 0. The monoisotopic (exact) mass is 88.0 g/mol. The molecule has 0 saturated carbocycles. The third kappa shape index (κ3) is 12.3. The van der Waals surface area contributed by atoms with Crippen molar-refractivity contribution in [3.05, 3.63) is 13.2 Å². The van der Waals surface area contributed by atoms with Crippen LogP contribution in [0.3, 0.4) is 0 Å². The summed E-state index contributed by atoms with van der Waals surface area (Å²) in [5.74, 6) is 0. The molecule has 0 spiro atoms. The van der Waals surface area contributed by atoms with Gasteiger partial charge in [0.15, 0.2) is 0 Å². The molecule has 0 amide bonds. The fourth-order valence-corrected chi connectivity index (χ4v) is 0. The fraction of sp³-hybridized carbons (Fsp3) is 0. The van der Waals surface area contributed by atoms with E-state index in [4.69, 9.17) is 0 Å². The zero-order valence-corrected chi connectivity index (χ0v) is 1.91. The summed E-state index contributed by atoms with van der Waals surface area (Å²) in [4.78, 5) is 0. The van der Waals surface area contributed by atoms with Crippen molar-refractivity contribution < 1.29 is 5.48 Å². The average Bonchev–Trinajstić information content (AvgIpc) is 1.00. The summed E-state index contributed by atoms with van der Waals surface area (Å²) in [7, 11) is 0. The Bertz CT molecular complexity index is 6.00. The standard InChI is InChI=1S/C2H4.Ca.H2O.2H/c1-2;;;;/h1-2H2;;1H2;;. The molecule has 24 valence electrons. The predicted molar refractivity (Wildman–Crippen MR) is 23.4 cm³/mol. The number of hydrogen-bond acceptors (Lipinski definition) is 0. The van der Waals surface area contributed by atoms with Crippen molar-refractivity contribution in [2.24, 2.45) is 0 Å². The van der Waals surface area contributed by atoms with Gasteiger partial charge in [0.05, 0.1) is 0 Å². The van der Waals surface area contributed by atoms with E-state index in [1.54, 1.807) is 0 Å². The van der Waals surface area contributed by atoms with Gasteiger partial charge in [-0.15, -0.1) is 13.2 Å². The molecule has 0 atom stereocenters. The summed E-state index contributed by atoms with van der Waals surface area (Å²) in [6, 6.07) is 0. The molecule has 0 aromatic rings. The van der Waals surface area contributed by atoms with E-state index in [9.17, 15) is 0 Å². The van der Waals surface area contributed by atoms with E-state index < -0.39 is 0 Å². The van der Waals surface area contributed by atoms with Crippen LogP contribution in [-0.4, -0.2) is 43.2 Å². The maximum absolute atomic E-state index is 3.00. The van der Waals surface area contributed by atoms with Gasteiger partial charge in [0.1, 0.15) is 0 Å². The molecule has 0 rings (SSSR count). The summed E-state index contributed by atoms with van der Waals surface area (Å²) in [5.41, 5.74) is 0. The Labute approximate surface area is 56.0 Å². The molecule has 0 unspecified atom stereocenters. The SMILES string of the molecule is C=C.O.[CaH2]. The molecule has 0 aliphatic rings. The normalized spacial score (nSPS) is 1.00. The predicted octanol–water partition coefficient (Wildman–Crippen LogP) is -0.939. The van der Waals surface area contributed by atoms with Crippen molar-refractivity contribution in [1.29, 1.82) is 0 Å². The first-order valence-corrected chi connectivity index (χ1v) is 0.500. The number of rotatable bonds is 0. The molecule has 2 N–H and O–H groups in total.